The SMILES string of the molecule is Cc1cc(C)c(CC(C)(O)CCNCC(C)C)c(C)c1. The smallest absolute Gasteiger partial charge is 0.0672 e. The van der Waals surface area contributed by atoms with Crippen LogP contribution in [0.5, 0.6) is 0 Å². The Kier molecular flexibility index (Phi) is 6.22. The quantitative estimate of drug-likeness (QED) is 0.747. The van der Waals surface area contributed by atoms with Gasteiger partial charge in [-0.25, -0.2) is 0 Å². The maximum atomic E-state index is 10.6. The van der Waals surface area contributed by atoms with E-state index in [4.69, 9.17) is 0 Å². The van der Waals surface area contributed by atoms with Gasteiger partial charge in [-0.2, -0.15) is 0 Å². The number of rotatable bonds is 7. The highest BCUT2D eigenvalue weighted by Gasteiger charge is 2.22. The van der Waals surface area contributed by atoms with Gasteiger partial charge in [-0.1, -0.05) is 31.5 Å². The van der Waals surface area contributed by atoms with Gasteiger partial charge in [-0.05, 0) is 69.8 Å². The fraction of sp³-hybridized carbons (Fsp3) is 0.667. The van der Waals surface area contributed by atoms with Crippen LogP contribution in [0.15, 0.2) is 12.1 Å². The molecule has 0 radical (unpaired) electrons. The Hall–Kier alpha value is -0.860. The lowest BCUT2D eigenvalue weighted by molar-refractivity contribution is 0.0511. The summed E-state index contributed by atoms with van der Waals surface area (Å²) in [5.74, 6) is 0.654. The molecule has 0 aliphatic rings. The van der Waals surface area contributed by atoms with Crippen LogP contribution in [0.25, 0.3) is 0 Å². The van der Waals surface area contributed by atoms with Crippen molar-refractivity contribution in [2.24, 2.45) is 5.92 Å². The molecule has 0 saturated carbocycles. The van der Waals surface area contributed by atoms with Crippen molar-refractivity contribution in [1.29, 1.82) is 0 Å². The topological polar surface area (TPSA) is 32.3 Å². The molecule has 0 aromatic heterocycles. The number of aliphatic hydroxyl groups is 1. The van der Waals surface area contributed by atoms with Gasteiger partial charge in [-0.3, -0.25) is 0 Å². The molecule has 0 aliphatic carbocycles. The van der Waals surface area contributed by atoms with Gasteiger partial charge in [-0.15, -0.1) is 0 Å². The molecule has 1 rings (SSSR count). The summed E-state index contributed by atoms with van der Waals surface area (Å²) in [5, 5.41) is 14.0. The van der Waals surface area contributed by atoms with Gasteiger partial charge < -0.3 is 10.4 Å². The van der Waals surface area contributed by atoms with Gasteiger partial charge in [0.05, 0.1) is 5.60 Å². The number of aryl methyl sites for hydroxylation is 3. The first-order valence-corrected chi connectivity index (χ1v) is 7.71. The molecule has 1 aromatic rings. The average molecular weight is 277 g/mol. The van der Waals surface area contributed by atoms with Crippen LogP contribution in [0.1, 0.15) is 49.4 Å². The minimum absolute atomic E-state index is 0.644. The molecule has 1 aromatic carbocycles. The Balaban J connectivity index is 2.62. The van der Waals surface area contributed by atoms with Crippen molar-refractivity contribution in [1.82, 2.24) is 5.32 Å². The molecule has 0 heterocycles. The first-order valence-electron chi connectivity index (χ1n) is 7.71. The summed E-state index contributed by atoms with van der Waals surface area (Å²) in [7, 11) is 0. The zero-order valence-corrected chi connectivity index (χ0v) is 14.0. The summed E-state index contributed by atoms with van der Waals surface area (Å²) < 4.78 is 0. The van der Waals surface area contributed by atoms with Crippen molar-refractivity contribution in [3.05, 3.63) is 34.4 Å². The second kappa shape index (κ2) is 7.24. The van der Waals surface area contributed by atoms with Crippen LogP contribution < -0.4 is 5.32 Å². The van der Waals surface area contributed by atoms with E-state index in [1.807, 2.05) is 6.92 Å². The third kappa shape index (κ3) is 5.64. The van der Waals surface area contributed by atoms with E-state index in [0.717, 1.165) is 25.9 Å². The number of hydrogen-bond donors (Lipinski definition) is 2. The number of nitrogens with one attached hydrogen (secondary N) is 1. The van der Waals surface area contributed by atoms with Crippen LogP contribution >= 0.6 is 0 Å². The highest BCUT2D eigenvalue weighted by molar-refractivity contribution is 5.38. The van der Waals surface area contributed by atoms with Crippen molar-refractivity contribution in [2.75, 3.05) is 13.1 Å². The first-order chi connectivity index (χ1) is 9.21. The molecule has 0 spiro atoms. The lowest BCUT2D eigenvalue weighted by Gasteiger charge is -2.26. The lowest BCUT2D eigenvalue weighted by atomic mass is 9.87. The van der Waals surface area contributed by atoms with Crippen molar-refractivity contribution in [2.45, 2.75) is 60.0 Å². The van der Waals surface area contributed by atoms with E-state index in [-0.39, 0.29) is 0 Å². The summed E-state index contributed by atoms with van der Waals surface area (Å²) in [6, 6.07) is 4.41. The van der Waals surface area contributed by atoms with Gasteiger partial charge in [0.15, 0.2) is 0 Å². The molecule has 2 N–H and O–H groups in total. The molecule has 0 bridgehead atoms. The van der Waals surface area contributed by atoms with Gasteiger partial charge in [0, 0.05) is 6.42 Å². The fourth-order valence-electron chi connectivity index (χ4n) is 2.71. The molecular formula is C18H31NO. The van der Waals surface area contributed by atoms with Crippen molar-refractivity contribution < 1.29 is 5.11 Å². The standard InChI is InChI=1S/C18H31NO/c1-13(2)12-19-8-7-18(6,20)11-17-15(4)9-14(3)10-16(17)5/h9-10,13,19-20H,7-8,11-12H2,1-6H3. The highest BCUT2D eigenvalue weighted by Crippen LogP contribution is 2.23. The molecule has 2 heteroatoms. The maximum absolute atomic E-state index is 10.6. The fourth-order valence-corrected chi connectivity index (χ4v) is 2.71. The van der Waals surface area contributed by atoms with Gasteiger partial charge in [0.25, 0.3) is 0 Å². The van der Waals surface area contributed by atoms with Crippen molar-refractivity contribution in [3.8, 4) is 0 Å². The summed E-state index contributed by atoms with van der Waals surface area (Å²) >= 11 is 0. The van der Waals surface area contributed by atoms with Crippen LogP contribution in [-0.2, 0) is 6.42 Å². The molecule has 0 amide bonds. The van der Waals surface area contributed by atoms with Gasteiger partial charge in [0.1, 0.15) is 0 Å². The molecule has 0 fully saturated rings. The zero-order chi connectivity index (χ0) is 15.3. The maximum Gasteiger partial charge on any atom is 0.0672 e. The van der Waals surface area contributed by atoms with E-state index in [1.165, 1.54) is 22.3 Å². The highest BCUT2D eigenvalue weighted by atomic mass is 16.3. The Morgan fingerprint density at radius 1 is 1.15 bits per heavy atom. The minimum atomic E-state index is -0.644. The molecule has 2 nitrogen and oxygen atoms in total. The number of hydrogen-bond acceptors (Lipinski definition) is 2. The largest absolute Gasteiger partial charge is 0.390 e. The second-order valence-electron chi connectivity index (χ2n) is 6.90. The molecule has 0 saturated heterocycles. The number of benzene rings is 1. The molecule has 114 valence electrons. The van der Waals surface area contributed by atoms with Crippen LogP contribution in [-0.4, -0.2) is 23.8 Å². The predicted octanol–water partition coefficient (Wildman–Crippen LogP) is 3.54. The molecule has 1 atom stereocenters. The Morgan fingerprint density at radius 3 is 2.20 bits per heavy atom. The zero-order valence-electron chi connectivity index (χ0n) is 14.0. The normalized spacial score (nSPS) is 14.6. The average Bonchev–Trinajstić information content (AvgIpc) is 2.29. The van der Waals surface area contributed by atoms with Crippen LogP contribution in [0, 0.1) is 26.7 Å². The summed E-state index contributed by atoms with van der Waals surface area (Å²) in [6.45, 7) is 14.6. The Labute approximate surface area is 124 Å². The predicted molar refractivity (Wildman–Crippen MR) is 87.3 cm³/mol. The van der Waals surface area contributed by atoms with E-state index in [9.17, 15) is 5.11 Å². The molecule has 0 aliphatic heterocycles. The van der Waals surface area contributed by atoms with Crippen LogP contribution in [0.4, 0.5) is 0 Å². The van der Waals surface area contributed by atoms with E-state index < -0.39 is 5.60 Å². The van der Waals surface area contributed by atoms with Gasteiger partial charge in [0.2, 0.25) is 0 Å². The van der Waals surface area contributed by atoms with E-state index in [0.29, 0.717) is 5.92 Å². The third-order valence-corrected chi connectivity index (χ3v) is 3.79. The van der Waals surface area contributed by atoms with Crippen LogP contribution in [0.2, 0.25) is 0 Å². The van der Waals surface area contributed by atoms with E-state index in [2.05, 4.69) is 52.1 Å². The second-order valence-corrected chi connectivity index (χ2v) is 6.90. The van der Waals surface area contributed by atoms with Crippen molar-refractivity contribution in [3.63, 3.8) is 0 Å². The molecule has 20 heavy (non-hydrogen) atoms. The van der Waals surface area contributed by atoms with E-state index in [1.54, 1.807) is 0 Å². The first kappa shape index (κ1) is 17.2. The Bertz CT molecular complexity index is 412. The summed E-state index contributed by atoms with van der Waals surface area (Å²) in [4.78, 5) is 0. The monoisotopic (exact) mass is 277 g/mol. The molecule has 1 unspecified atom stereocenters. The van der Waals surface area contributed by atoms with Gasteiger partial charge >= 0.3 is 0 Å². The lowest BCUT2D eigenvalue weighted by Crippen LogP contribution is -2.33. The molecular weight excluding hydrogens is 246 g/mol. The minimum Gasteiger partial charge on any atom is -0.390 e. The summed E-state index contributed by atoms with van der Waals surface area (Å²) in [6.07, 6.45) is 1.51. The summed E-state index contributed by atoms with van der Waals surface area (Å²) in [5.41, 5.74) is 4.52. The third-order valence-electron chi connectivity index (χ3n) is 3.79. The Morgan fingerprint density at radius 2 is 1.70 bits per heavy atom. The van der Waals surface area contributed by atoms with E-state index >= 15 is 0 Å². The van der Waals surface area contributed by atoms with Crippen molar-refractivity contribution >= 4 is 0 Å². The van der Waals surface area contributed by atoms with Crippen LogP contribution in [0.3, 0.4) is 0 Å².